The van der Waals surface area contributed by atoms with Gasteiger partial charge in [0.2, 0.25) is 5.88 Å². The third-order valence-corrected chi connectivity index (χ3v) is 2.87. The van der Waals surface area contributed by atoms with Crippen molar-refractivity contribution in [3.63, 3.8) is 0 Å². The summed E-state index contributed by atoms with van der Waals surface area (Å²) in [6.07, 6.45) is 0. The van der Waals surface area contributed by atoms with Gasteiger partial charge in [0.25, 0.3) is 0 Å². The van der Waals surface area contributed by atoms with Gasteiger partial charge in [-0.2, -0.15) is 5.26 Å². The number of anilines is 1. The number of methoxy groups -OCH3 is 1. The van der Waals surface area contributed by atoms with Crippen LogP contribution in [0.25, 0.3) is 0 Å². The first-order chi connectivity index (χ1) is 9.22. The van der Waals surface area contributed by atoms with Crippen LogP contribution in [0.15, 0.2) is 36.4 Å². The summed E-state index contributed by atoms with van der Waals surface area (Å²) in [5.74, 6) is 0.581. The van der Waals surface area contributed by atoms with Crippen LogP contribution in [0.4, 0.5) is 5.69 Å². The highest BCUT2D eigenvalue weighted by molar-refractivity contribution is 6.32. The molecule has 0 spiro atoms. The van der Waals surface area contributed by atoms with Gasteiger partial charge in [-0.05, 0) is 24.3 Å². The lowest BCUT2D eigenvalue weighted by Gasteiger charge is -2.08. The first kappa shape index (κ1) is 13.2. The Morgan fingerprint density at radius 3 is 2.89 bits per heavy atom. The predicted octanol–water partition coefficient (Wildman–Crippen LogP) is 3.23. The molecule has 1 aromatic carbocycles. The zero-order valence-corrected chi connectivity index (χ0v) is 11.1. The Balaban J connectivity index is 2.06. The van der Waals surface area contributed by atoms with E-state index >= 15 is 0 Å². The molecule has 19 heavy (non-hydrogen) atoms. The Hall–Kier alpha value is -2.25. The molecular formula is C14H12ClN3O. The van der Waals surface area contributed by atoms with Crippen LogP contribution in [0.1, 0.15) is 11.3 Å². The lowest BCUT2D eigenvalue weighted by molar-refractivity contribution is 0.396. The number of ether oxygens (including phenoxy) is 1. The molecule has 2 rings (SSSR count). The monoisotopic (exact) mass is 273 g/mol. The van der Waals surface area contributed by atoms with Crippen molar-refractivity contribution in [2.45, 2.75) is 6.54 Å². The van der Waals surface area contributed by atoms with E-state index in [0.717, 1.165) is 11.4 Å². The van der Waals surface area contributed by atoms with E-state index in [4.69, 9.17) is 21.6 Å². The smallest absolute Gasteiger partial charge is 0.213 e. The molecule has 0 amide bonds. The second-order valence-electron chi connectivity index (χ2n) is 3.83. The SMILES string of the molecule is COc1cccc(CNc2ccc(C#N)c(Cl)c2)n1. The number of halogens is 1. The first-order valence-corrected chi connectivity index (χ1v) is 6.04. The minimum absolute atomic E-state index is 0.436. The van der Waals surface area contributed by atoms with Crippen LogP contribution in [0.5, 0.6) is 5.88 Å². The van der Waals surface area contributed by atoms with Crippen LogP contribution >= 0.6 is 11.6 Å². The van der Waals surface area contributed by atoms with Crippen molar-refractivity contribution in [2.75, 3.05) is 12.4 Å². The normalized spacial score (nSPS) is 9.74. The topological polar surface area (TPSA) is 57.9 Å². The summed E-state index contributed by atoms with van der Waals surface area (Å²) in [6.45, 7) is 0.555. The highest BCUT2D eigenvalue weighted by Crippen LogP contribution is 2.20. The van der Waals surface area contributed by atoms with Crippen molar-refractivity contribution < 1.29 is 4.74 Å². The van der Waals surface area contributed by atoms with Gasteiger partial charge in [0.15, 0.2) is 0 Å². The molecule has 0 atom stereocenters. The van der Waals surface area contributed by atoms with Gasteiger partial charge in [0.05, 0.1) is 29.9 Å². The molecule has 0 unspecified atom stereocenters. The fourth-order valence-corrected chi connectivity index (χ4v) is 1.80. The van der Waals surface area contributed by atoms with Crippen molar-refractivity contribution in [3.05, 3.63) is 52.7 Å². The maximum Gasteiger partial charge on any atom is 0.213 e. The van der Waals surface area contributed by atoms with E-state index in [1.807, 2.05) is 24.3 Å². The van der Waals surface area contributed by atoms with E-state index in [1.165, 1.54) is 0 Å². The van der Waals surface area contributed by atoms with Gasteiger partial charge < -0.3 is 10.1 Å². The van der Waals surface area contributed by atoms with E-state index in [-0.39, 0.29) is 0 Å². The Kier molecular flexibility index (Phi) is 4.22. The summed E-state index contributed by atoms with van der Waals surface area (Å²) >= 11 is 5.96. The van der Waals surface area contributed by atoms with Crippen LogP contribution in [0.2, 0.25) is 5.02 Å². The van der Waals surface area contributed by atoms with E-state index in [9.17, 15) is 0 Å². The van der Waals surface area contributed by atoms with Crippen LogP contribution < -0.4 is 10.1 Å². The molecule has 0 fully saturated rings. The molecular weight excluding hydrogens is 262 g/mol. The standard InChI is InChI=1S/C14H12ClN3O/c1-19-14-4-2-3-12(18-14)9-17-11-6-5-10(8-16)13(15)7-11/h2-7,17H,9H2,1H3. The average molecular weight is 274 g/mol. The van der Waals surface area contributed by atoms with E-state index < -0.39 is 0 Å². The maximum atomic E-state index is 8.80. The minimum atomic E-state index is 0.436. The number of aromatic nitrogens is 1. The number of hydrogen-bond donors (Lipinski definition) is 1. The van der Waals surface area contributed by atoms with Gasteiger partial charge in [0, 0.05) is 11.8 Å². The number of nitriles is 1. The molecule has 0 saturated heterocycles. The highest BCUT2D eigenvalue weighted by Gasteiger charge is 2.02. The average Bonchev–Trinajstić information content (AvgIpc) is 2.45. The van der Waals surface area contributed by atoms with Gasteiger partial charge in [-0.15, -0.1) is 0 Å². The minimum Gasteiger partial charge on any atom is -0.481 e. The molecule has 5 heteroatoms. The summed E-state index contributed by atoms with van der Waals surface area (Å²) in [4.78, 5) is 4.29. The van der Waals surface area contributed by atoms with Crippen LogP contribution in [-0.2, 0) is 6.54 Å². The number of nitrogens with zero attached hydrogens (tertiary/aromatic N) is 2. The molecule has 1 heterocycles. The number of benzene rings is 1. The lowest BCUT2D eigenvalue weighted by atomic mass is 10.2. The van der Waals surface area contributed by atoms with Crippen LogP contribution in [0.3, 0.4) is 0 Å². The van der Waals surface area contributed by atoms with Crippen LogP contribution in [-0.4, -0.2) is 12.1 Å². The third kappa shape index (κ3) is 3.36. The molecule has 0 aliphatic rings. The molecule has 0 aliphatic heterocycles. The van der Waals surface area contributed by atoms with Crippen molar-refractivity contribution in [2.24, 2.45) is 0 Å². The number of nitrogens with one attached hydrogen (secondary N) is 1. The van der Waals surface area contributed by atoms with Gasteiger partial charge in [-0.1, -0.05) is 17.7 Å². The summed E-state index contributed by atoms with van der Waals surface area (Å²) in [7, 11) is 1.58. The zero-order chi connectivity index (χ0) is 13.7. The Morgan fingerprint density at radius 2 is 2.21 bits per heavy atom. The molecule has 0 bridgehead atoms. The molecule has 1 aromatic heterocycles. The number of hydrogen-bond acceptors (Lipinski definition) is 4. The molecule has 0 radical (unpaired) electrons. The molecule has 4 nitrogen and oxygen atoms in total. The number of pyridine rings is 1. The first-order valence-electron chi connectivity index (χ1n) is 5.66. The van der Waals surface area contributed by atoms with E-state index in [1.54, 1.807) is 25.3 Å². The Bertz CT molecular complexity index is 622. The van der Waals surface area contributed by atoms with Gasteiger partial charge >= 0.3 is 0 Å². The van der Waals surface area contributed by atoms with Crippen molar-refractivity contribution in [1.29, 1.82) is 5.26 Å². The van der Waals surface area contributed by atoms with Gasteiger partial charge in [-0.3, -0.25) is 0 Å². The zero-order valence-electron chi connectivity index (χ0n) is 10.4. The second-order valence-corrected chi connectivity index (χ2v) is 4.24. The van der Waals surface area contributed by atoms with E-state index in [2.05, 4.69) is 10.3 Å². The van der Waals surface area contributed by atoms with E-state index in [0.29, 0.717) is 23.0 Å². The lowest BCUT2D eigenvalue weighted by Crippen LogP contribution is -2.02. The Labute approximate surface area is 116 Å². The summed E-state index contributed by atoms with van der Waals surface area (Å²) in [6, 6.07) is 12.8. The second kappa shape index (κ2) is 6.07. The fourth-order valence-electron chi connectivity index (χ4n) is 1.58. The quantitative estimate of drug-likeness (QED) is 0.929. The molecule has 1 N–H and O–H groups in total. The molecule has 0 aliphatic carbocycles. The van der Waals surface area contributed by atoms with Gasteiger partial charge in [0.1, 0.15) is 6.07 Å². The summed E-state index contributed by atoms with van der Waals surface area (Å²) in [5, 5.41) is 12.4. The third-order valence-electron chi connectivity index (χ3n) is 2.55. The molecule has 0 saturated carbocycles. The fraction of sp³-hybridized carbons (Fsp3) is 0.143. The maximum absolute atomic E-state index is 8.80. The summed E-state index contributed by atoms with van der Waals surface area (Å²) < 4.78 is 5.06. The predicted molar refractivity (Wildman–Crippen MR) is 74.3 cm³/mol. The number of rotatable bonds is 4. The van der Waals surface area contributed by atoms with Crippen molar-refractivity contribution in [3.8, 4) is 11.9 Å². The Morgan fingerprint density at radius 1 is 1.37 bits per heavy atom. The van der Waals surface area contributed by atoms with Crippen LogP contribution in [0, 0.1) is 11.3 Å². The van der Waals surface area contributed by atoms with Crippen molar-refractivity contribution >= 4 is 17.3 Å². The highest BCUT2D eigenvalue weighted by atomic mass is 35.5. The molecule has 96 valence electrons. The largest absolute Gasteiger partial charge is 0.481 e. The van der Waals surface area contributed by atoms with Gasteiger partial charge in [-0.25, -0.2) is 4.98 Å². The van der Waals surface area contributed by atoms with Crippen molar-refractivity contribution in [1.82, 2.24) is 4.98 Å². The summed E-state index contributed by atoms with van der Waals surface area (Å²) in [5.41, 5.74) is 2.17. The molecule has 2 aromatic rings.